The second-order valence-corrected chi connectivity index (χ2v) is 9.47. The number of Topliss-reactive ketones (excluding diaryl/α,β-unsaturated/α-hetero) is 1. The molecule has 0 heterocycles. The molecule has 3 aromatic carbocycles. The molecule has 33 heavy (non-hydrogen) atoms. The van der Waals surface area contributed by atoms with Crippen molar-refractivity contribution in [2.75, 3.05) is 0 Å². The summed E-state index contributed by atoms with van der Waals surface area (Å²) in [6.45, 7) is 2.02. The van der Waals surface area contributed by atoms with Crippen molar-refractivity contribution < 1.29 is 14.4 Å². The molecule has 1 unspecified atom stereocenters. The minimum atomic E-state index is -0.561. The van der Waals surface area contributed by atoms with Crippen molar-refractivity contribution in [3.05, 3.63) is 96.1 Å². The second kappa shape index (κ2) is 11.1. The van der Waals surface area contributed by atoms with Gasteiger partial charge in [-0.2, -0.15) is 0 Å². The highest BCUT2D eigenvalue weighted by atomic mass is 32.2. The highest BCUT2D eigenvalue weighted by molar-refractivity contribution is 7.99. The number of rotatable bonds is 8. The van der Waals surface area contributed by atoms with Crippen LogP contribution in [0.5, 0.6) is 0 Å². The van der Waals surface area contributed by atoms with Gasteiger partial charge in [0.15, 0.2) is 0 Å². The highest BCUT2D eigenvalue weighted by Crippen LogP contribution is 2.33. The van der Waals surface area contributed by atoms with Crippen LogP contribution in [-0.2, 0) is 4.84 Å². The average Bonchev–Trinajstić information content (AvgIpc) is 3.40. The topological polar surface area (TPSA) is 55.7 Å². The molecule has 168 valence electrons. The first kappa shape index (κ1) is 23.0. The summed E-state index contributed by atoms with van der Waals surface area (Å²) >= 11 is 1.64. The van der Waals surface area contributed by atoms with E-state index in [-0.39, 0.29) is 11.7 Å². The van der Waals surface area contributed by atoms with Gasteiger partial charge >= 0.3 is 5.97 Å². The summed E-state index contributed by atoms with van der Waals surface area (Å²) in [7, 11) is 0. The minimum absolute atomic E-state index is 0.0815. The van der Waals surface area contributed by atoms with Crippen LogP contribution in [0.3, 0.4) is 0 Å². The maximum absolute atomic E-state index is 13.4. The van der Waals surface area contributed by atoms with Crippen LogP contribution in [0.1, 0.15) is 53.3 Å². The molecule has 0 bridgehead atoms. The summed E-state index contributed by atoms with van der Waals surface area (Å²) in [5, 5.41) is 4.12. The zero-order valence-corrected chi connectivity index (χ0v) is 19.5. The van der Waals surface area contributed by atoms with Crippen molar-refractivity contribution in [3.63, 3.8) is 0 Å². The predicted octanol–water partition coefficient (Wildman–Crippen LogP) is 7.06. The number of hydrogen-bond acceptors (Lipinski definition) is 5. The van der Waals surface area contributed by atoms with E-state index in [0.717, 1.165) is 35.5 Å². The SMILES string of the molecule is CC(C(=NOC(=O)c1ccccc1)C(=O)c1ccc(Sc2ccccc2)cc1)C1CCCC1. The molecule has 0 spiro atoms. The van der Waals surface area contributed by atoms with Crippen LogP contribution in [0.15, 0.2) is 99.9 Å². The maximum atomic E-state index is 13.4. The third-order valence-electron chi connectivity index (χ3n) is 6.10. The van der Waals surface area contributed by atoms with Gasteiger partial charge in [-0.15, -0.1) is 0 Å². The van der Waals surface area contributed by atoms with Gasteiger partial charge in [-0.25, -0.2) is 4.79 Å². The quantitative estimate of drug-likeness (QED) is 0.157. The van der Waals surface area contributed by atoms with Crippen molar-refractivity contribution in [2.45, 2.75) is 42.4 Å². The molecule has 0 saturated heterocycles. The monoisotopic (exact) mass is 457 g/mol. The van der Waals surface area contributed by atoms with Crippen LogP contribution < -0.4 is 0 Å². The largest absolute Gasteiger partial charge is 0.365 e. The van der Waals surface area contributed by atoms with Crippen LogP contribution in [0.25, 0.3) is 0 Å². The molecule has 1 atom stereocenters. The van der Waals surface area contributed by atoms with Crippen LogP contribution in [0.2, 0.25) is 0 Å². The summed E-state index contributed by atoms with van der Waals surface area (Å²) < 4.78 is 0. The molecule has 3 aromatic rings. The summed E-state index contributed by atoms with van der Waals surface area (Å²) in [5.74, 6) is -0.460. The molecule has 1 saturated carbocycles. The van der Waals surface area contributed by atoms with E-state index in [0.29, 0.717) is 22.8 Å². The van der Waals surface area contributed by atoms with Gasteiger partial charge in [0.25, 0.3) is 0 Å². The zero-order chi connectivity index (χ0) is 23.0. The summed E-state index contributed by atoms with van der Waals surface area (Å²) in [5.41, 5.74) is 1.27. The van der Waals surface area contributed by atoms with Crippen molar-refractivity contribution in [2.24, 2.45) is 17.0 Å². The highest BCUT2D eigenvalue weighted by Gasteiger charge is 2.30. The van der Waals surface area contributed by atoms with Crippen LogP contribution in [0, 0.1) is 11.8 Å². The lowest BCUT2D eigenvalue weighted by atomic mass is 9.85. The molecule has 1 aliphatic rings. The van der Waals surface area contributed by atoms with E-state index in [1.54, 1.807) is 36.0 Å². The van der Waals surface area contributed by atoms with Crippen LogP contribution >= 0.6 is 11.8 Å². The first-order valence-corrected chi connectivity index (χ1v) is 12.2. The number of nitrogens with zero attached hydrogens (tertiary/aromatic N) is 1. The summed E-state index contributed by atoms with van der Waals surface area (Å²) in [6.07, 6.45) is 4.44. The van der Waals surface area contributed by atoms with E-state index >= 15 is 0 Å². The number of benzene rings is 3. The van der Waals surface area contributed by atoms with Gasteiger partial charge in [0.05, 0.1) is 5.56 Å². The predicted molar refractivity (Wildman–Crippen MR) is 132 cm³/mol. The first-order chi connectivity index (χ1) is 16.1. The van der Waals surface area contributed by atoms with E-state index < -0.39 is 5.97 Å². The van der Waals surface area contributed by atoms with E-state index in [1.165, 1.54) is 0 Å². The van der Waals surface area contributed by atoms with Crippen molar-refractivity contribution in [1.82, 2.24) is 0 Å². The second-order valence-electron chi connectivity index (χ2n) is 8.32. The number of ketones is 1. The van der Waals surface area contributed by atoms with E-state index in [1.807, 2.05) is 55.5 Å². The van der Waals surface area contributed by atoms with Gasteiger partial charge in [-0.3, -0.25) is 4.79 Å². The Morgan fingerprint density at radius 2 is 1.39 bits per heavy atom. The van der Waals surface area contributed by atoms with E-state index in [9.17, 15) is 9.59 Å². The average molecular weight is 458 g/mol. The van der Waals surface area contributed by atoms with Gasteiger partial charge in [0.2, 0.25) is 5.78 Å². The molecule has 4 rings (SSSR count). The zero-order valence-electron chi connectivity index (χ0n) is 18.6. The number of carbonyl (C=O) groups excluding carboxylic acids is 2. The third kappa shape index (κ3) is 5.99. The Bertz CT molecular complexity index is 1100. The number of oxime groups is 1. The maximum Gasteiger partial charge on any atom is 0.365 e. The standard InChI is InChI=1S/C28H27NO3S/c1-20(21-10-8-9-11-21)26(29-32-28(31)23-12-4-2-5-13-23)27(30)22-16-18-25(19-17-22)33-24-14-6-3-7-15-24/h2-7,12-21H,8-11H2,1H3. The molecule has 0 radical (unpaired) electrons. The Hall–Kier alpha value is -3.18. The molecule has 1 fully saturated rings. The van der Waals surface area contributed by atoms with Crippen LogP contribution in [0.4, 0.5) is 0 Å². The van der Waals surface area contributed by atoms with E-state index in [2.05, 4.69) is 17.3 Å². The Labute approximate surface area is 199 Å². The molecular formula is C28H27NO3S. The molecular weight excluding hydrogens is 430 g/mol. The summed E-state index contributed by atoms with van der Waals surface area (Å²) in [4.78, 5) is 33.3. The van der Waals surface area contributed by atoms with Gasteiger partial charge in [0.1, 0.15) is 5.71 Å². The van der Waals surface area contributed by atoms with Crippen molar-refractivity contribution in [1.29, 1.82) is 0 Å². The molecule has 0 amide bonds. The Kier molecular flexibility index (Phi) is 7.74. The lowest BCUT2D eigenvalue weighted by Crippen LogP contribution is -2.28. The van der Waals surface area contributed by atoms with Gasteiger partial charge in [-0.05, 0) is 67.3 Å². The molecule has 1 aliphatic carbocycles. The van der Waals surface area contributed by atoms with Crippen molar-refractivity contribution in [3.8, 4) is 0 Å². The number of carbonyl (C=O) groups is 2. The third-order valence-corrected chi connectivity index (χ3v) is 7.12. The Morgan fingerprint density at radius 1 is 0.818 bits per heavy atom. The number of hydrogen-bond donors (Lipinski definition) is 0. The van der Waals surface area contributed by atoms with Crippen molar-refractivity contribution >= 4 is 29.2 Å². The lowest BCUT2D eigenvalue weighted by molar-refractivity contribution is 0.0512. The first-order valence-electron chi connectivity index (χ1n) is 11.3. The molecule has 4 nitrogen and oxygen atoms in total. The van der Waals surface area contributed by atoms with Gasteiger partial charge < -0.3 is 4.84 Å². The van der Waals surface area contributed by atoms with Crippen LogP contribution in [-0.4, -0.2) is 17.5 Å². The molecule has 0 N–H and O–H groups in total. The Balaban J connectivity index is 1.54. The Morgan fingerprint density at radius 3 is 2.03 bits per heavy atom. The fourth-order valence-corrected chi connectivity index (χ4v) is 5.01. The van der Waals surface area contributed by atoms with Gasteiger partial charge in [-0.1, -0.05) is 73.1 Å². The molecule has 0 aromatic heterocycles. The fraction of sp³-hybridized carbons (Fsp3) is 0.250. The van der Waals surface area contributed by atoms with Gasteiger partial charge in [0, 0.05) is 21.3 Å². The molecule has 5 heteroatoms. The normalized spacial score (nSPS) is 15.2. The summed E-state index contributed by atoms with van der Waals surface area (Å²) in [6, 6.07) is 26.3. The molecule has 0 aliphatic heterocycles. The lowest BCUT2D eigenvalue weighted by Gasteiger charge is -2.19. The smallest absolute Gasteiger partial charge is 0.312 e. The fourth-order valence-electron chi connectivity index (χ4n) is 4.18. The van der Waals surface area contributed by atoms with E-state index in [4.69, 9.17) is 4.84 Å². The minimum Gasteiger partial charge on any atom is -0.312 e.